The summed E-state index contributed by atoms with van der Waals surface area (Å²) in [5.41, 5.74) is 6.79. The monoisotopic (exact) mass is 264 g/mol. The number of aliphatic hydroxyl groups excluding tert-OH is 1. The second kappa shape index (κ2) is 5.13. The Morgan fingerprint density at radius 2 is 1.89 bits per heavy atom. The van der Waals surface area contributed by atoms with E-state index in [2.05, 4.69) is 10.6 Å². The zero-order valence-corrected chi connectivity index (χ0v) is 11.3. The molecule has 19 heavy (non-hydrogen) atoms. The van der Waals surface area contributed by atoms with E-state index in [1.54, 1.807) is 0 Å². The van der Waals surface area contributed by atoms with Crippen LogP contribution in [0, 0.1) is 11.3 Å². The largest absolute Gasteiger partial charge is 0.512 e. The van der Waals surface area contributed by atoms with Gasteiger partial charge >= 0.3 is 0 Å². The minimum Gasteiger partial charge on any atom is -0.512 e. The first-order valence-corrected chi connectivity index (χ1v) is 7.42. The number of nitrogens with one attached hydrogen (secondary N) is 3. The molecule has 0 aromatic rings. The van der Waals surface area contributed by atoms with Gasteiger partial charge in [-0.15, -0.1) is 0 Å². The van der Waals surface area contributed by atoms with E-state index in [1.807, 2.05) is 0 Å². The maximum atomic E-state index is 10.0. The van der Waals surface area contributed by atoms with E-state index in [0.717, 1.165) is 44.1 Å². The summed E-state index contributed by atoms with van der Waals surface area (Å²) in [6, 6.07) is 0.845. The summed E-state index contributed by atoms with van der Waals surface area (Å²) in [5.74, 6) is 1.13. The highest BCUT2D eigenvalue weighted by Gasteiger charge is 2.40. The van der Waals surface area contributed by atoms with Gasteiger partial charge in [0.1, 0.15) is 0 Å². The van der Waals surface area contributed by atoms with Crippen LogP contribution >= 0.6 is 0 Å². The topological polar surface area (TPSA) is 94.2 Å². The van der Waals surface area contributed by atoms with Crippen LogP contribution in [0.1, 0.15) is 44.9 Å². The van der Waals surface area contributed by atoms with Crippen LogP contribution in [-0.4, -0.2) is 29.2 Å². The lowest BCUT2D eigenvalue weighted by atomic mass is 9.82. The van der Waals surface area contributed by atoms with E-state index in [4.69, 9.17) is 11.1 Å². The summed E-state index contributed by atoms with van der Waals surface area (Å²) in [4.78, 5) is 0. The molecule has 1 heterocycles. The average molecular weight is 264 g/mol. The van der Waals surface area contributed by atoms with Crippen molar-refractivity contribution in [2.45, 2.75) is 63.2 Å². The Bertz CT molecular complexity index is 406. The van der Waals surface area contributed by atoms with Crippen LogP contribution in [0.3, 0.4) is 0 Å². The fourth-order valence-corrected chi connectivity index (χ4v) is 3.74. The van der Waals surface area contributed by atoms with Crippen LogP contribution in [0.15, 0.2) is 11.3 Å². The molecule has 3 rings (SSSR count). The number of amidine groups is 1. The van der Waals surface area contributed by atoms with Crippen LogP contribution in [0.4, 0.5) is 0 Å². The summed E-state index contributed by atoms with van der Waals surface area (Å²) in [6.07, 6.45) is 7.21. The number of nitrogens with two attached hydrogens (primary N) is 1. The van der Waals surface area contributed by atoms with Crippen LogP contribution in [-0.2, 0) is 0 Å². The first-order valence-electron chi connectivity index (χ1n) is 7.42. The maximum Gasteiger partial charge on any atom is 0.0943 e. The fourth-order valence-electron chi connectivity index (χ4n) is 3.74. The molecular formula is C14H24N4O. The minimum absolute atomic E-state index is 0.126. The summed E-state index contributed by atoms with van der Waals surface area (Å²) < 4.78 is 0. The Balaban J connectivity index is 1.68. The SMILES string of the molecule is N=C(N)C1CCC2NC(C3=C(O)CCCC3)NC2C1. The highest BCUT2D eigenvalue weighted by molar-refractivity contribution is 5.79. The van der Waals surface area contributed by atoms with Gasteiger partial charge in [-0.1, -0.05) is 0 Å². The molecule has 0 spiro atoms. The Labute approximate surface area is 114 Å². The zero-order chi connectivity index (χ0) is 13.4. The van der Waals surface area contributed by atoms with Gasteiger partial charge in [-0.2, -0.15) is 0 Å². The number of hydrogen-bond donors (Lipinski definition) is 5. The van der Waals surface area contributed by atoms with Gasteiger partial charge in [0, 0.05) is 24.4 Å². The molecule has 106 valence electrons. The van der Waals surface area contributed by atoms with E-state index in [0.29, 0.717) is 23.7 Å². The van der Waals surface area contributed by atoms with Gasteiger partial charge in [-0.05, 0) is 44.1 Å². The van der Waals surface area contributed by atoms with E-state index in [-0.39, 0.29) is 12.1 Å². The molecule has 1 saturated heterocycles. The molecule has 0 amide bonds. The molecule has 1 aliphatic heterocycles. The molecule has 0 aromatic carbocycles. The molecule has 3 aliphatic rings. The van der Waals surface area contributed by atoms with E-state index < -0.39 is 0 Å². The molecule has 5 nitrogen and oxygen atoms in total. The van der Waals surface area contributed by atoms with Crippen molar-refractivity contribution in [3.05, 3.63) is 11.3 Å². The van der Waals surface area contributed by atoms with Crippen LogP contribution in [0.25, 0.3) is 0 Å². The number of hydrogen-bond acceptors (Lipinski definition) is 4. The maximum absolute atomic E-state index is 10.0. The van der Waals surface area contributed by atoms with Crippen LogP contribution in [0.2, 0.25) is 0 Å². The third-order valence-electron chi connectivity index (χ3n) is 4.88. The van der Waals surface area contributed by atoms with Gasteiger partial charge in [0.25, 0.3) is 0 Å². The fraction of sp³-hybridized carbons (Fsp3) is 0.786. The van der Waals surface area contributed by atoms with Crippen molar-refractivity contribution in [2.75, 3.05) is 0 Å². The molecular weight excluding hydrogens is 240 g/mol. The van der Waals surface area contributed by atoms with Crippen molar-refractivity contribution in [3.63, 3.8) is 0 Å². The third kappa shape index (κ3) is 2.49. The minimum atomic E-state index is 0.126. The Hall–Kier alpha value is -1.07. The zero-order valence-electron chi connectivity index (χ0n) is 11.3. The van der Waals surface area contributed by atoms with Crippen LogP contribution < -0.4 is 16.4 Å². The quantitative estimate of drug-likeness (QED) is 0.384. The lowest BCUT2D eigenvalue weighted by Gasteiger charge is -2.30. The standard InChI is InChI=1S/C14H24N4O/c15-13(16)8-5-6-10-11(7-8)18-14(17-10)9-3-1-2-4-12(9)19/h8,10-11,14,17-19H,1-7H2,(H3,15,16). The van der Waals surface area contributed by atoms with Crippen LogP contribution in [0.5, 0.6) is 0 Å². The molecule has 0 bridgehead atoms. The van der Waals surface area contributed by atoms with Crippen molar-refractivity contribution in [1.29, 1.82) is 5.41 Å². The lowest BCUT2D eigenvalue weighted by Crippen LogP contribution is -2.42. The van der Waals surface area contributed by atoms with Crippen molar-refractivity contribution in [3.8, 4) is 0 Å². The molecule has 0 radical (unpaired) electrons. The second-order valence-corrected chi connectivity index (χ2v) is 6.12. The molecule has 4 unspecified atom stereocenters. The smallest absolute Gasteiger partial charge is 0.0943 e. The van der Waals surface area contributed by atoms with E-state index in [1.165, 1.54) is 6.42 Å². The molecule has 2 aliphatic carbocycles. The van der Waals surface area contributed by atoms with E-state index >= 15 is 0 Å². The Morgan fingerprint density at radius 1 is 1.16 bits per heavy atom. The predicted octanol–water partition coefficient (Wildman–Crippen LogP) is 1.36. The third-order valence-corrected chi connectivity index (χ3v) is 4.88. The van der Waals surface area contributed by atoms with Gasteiger partial charge in [0.2, 0.25) is 0 Å². The Kier molecular flexibility index (Phi) is 3.50. The summed E-state index contributed by atoms with van der Waals surface area (Å²) in [7, 11) is 0. The predicted molar refractivity (Wildman–Crippen MR) is 75.0 cm³/mol. The molecule has 0 aromatic heterocycles. The number of allylic oxidation sites excluding steroid dienone is 1. The molecule has 2 fully saturated rings. The van der Waals surface area contributed by atoms with Crippen molar-refractivity contribution in [1.82, 2.24) is 10.6 Å². The molecule has 6 N–H and O–H groups in total. The van der Waals surface area contributed by atoms with Gasteiger partial charge < -0.3 is 10.8 Å². The molecule has 1 saturated carbocycles. The first-order chi connectivity index (χ1) is 9.15. The van der Waals surface area contributed by atoms with E-state index in [9.17, 15) is 5.11 Å². The number of fused-ring (bicyclic) bond motifs is 1. The van der Waals surface area contributed by atoms with Crippen molar-refractivity contribution < 1.29 is 5.11 Å². The summed E-state index contributed by atoms with van der Waals surface area (Å²) >= 11 is 0. The Morgan fingerprint density at radius 3 is 2.63 bits per heavy atom. The van der Waals surface area contributed by atoms with Gasteiger partial charge in [0.05, 0.1) is 17.8 Å². The highest BCUT2D eigenvalue weighted by atomic mass is 16.3. The number of aliphatic hydroxyl groups is 1. The van der Waals surface area contributed by atoms with Crippen molar-refractivity contribution in [2.24, 2.45) is 11.7 Å². The number of rotatable bonds is 2. The van der Waals surface area contributed by atoms with Gasteiger partial charge in [-0.3, -0.25) is 16.0 Å². The summed E-state index contributed by atoms with van der Waals surface area (Å²) in [5, 5.41) is 24.9. The first kappa shape index (κ1) is 12.9. The molecule has 4 atom stereocenters. The highest BCUT2D eigenvalue weighted by Crippen LogP contribution is 2.32. The normalized spacial score (nSPS) is 39.2. The lowest BCUT2D eigenvalue weighted by molar-refractivity contribution is 0.332. The van der Waals surface area contributed by atoms with Gasteiger partial charge in [0.15, 0.2) is 0 Å². The average Bonchev–Trinajstić information content (AvgIpc) is 2.81. The summed E-state index contributed by atoms with van der Waals surface area (Å²) in [6.45, 7) is 0. The van der Waals surface area contributed by atoms with Crippen molar-refractivity contribution >= 4 is 5.84 Å². The van der Waals surface area contributed by atoms with Gasteiger partial charge in [-0.25, -0.2) is 0 Å². The second-order valence-electron chi connectivity index (χ2n) is 6.12. The molecule has 5 heteroatoms.